The standard InChI is InChI=1S/C13H16BrFN2O2/c1-2-3-7-17(8-11(16)18)13(19)9-5-4-6-10(15)12(9)14/h4-6H,2-3,7-8H2,1H3,(H2,16,18). The molecule has 1 aromatic rings. The molecule has 2 N–H and O–H groups in total. The lowest BCUT2D eigenvalue weighted by atomic mass is 10.2. The summed E-state index contributed by atoms with van der Waals surface area (Å²) >= 11 is 3.04. The average Bonchev–Trinajstić information content (AvgIpc) is 2.36. The minimum absolute atomic E-state index is 0.103. The van der Waals surface area contributed by atoms with Gasteiger partial charge in [0, 0.05) is 6.54 Å². The van der Waals surface area contributed by atoms with Gasteiger partial charge in [0.25, 0.3) is 5.91 Å². The molecule has 0 spiro atoms. The van der Waals surface area contributed by atoms with Crippen LogP contribution in [0.1, 0.15) is 30.1 Å². The summed E-state index contributed by atoms with van der Waals surface area (Å²) in [7, 11) is 0. The molecule has 1 rings (SSSR count). The van der Waals surface area contributed by atoms with E-state index in [2.05, 4.69) is 15.9 Å². The van der Waals surface area contributed by atoms with E-state index >= 15 is 0 Å². The molecular weight excluding hydrogens is 315 g/mol. The average molecular weight is 331 g/mol. The second-order valence-electron chi connectivity index (χ2n) is 4.15. The Bertz CT molecular complexity index is 480. The molecule has 2 amide bonds. The highest BCUT2D eigenvalue weighted by atomic mass is 79.9. The van der Waals surface area contributed by atoms with Gasteiger partial charge in [0.15, 0.2) is 0 Å². The molecule has 0 aliphatic carbocycles. The molecule has 0 unspecified atom stereocenters. The number of halogens is 2. The van der Waals surface area contributed by atoms with E-state index in [1.807, 2.05) is 6.92 Å². The van der Waals surface area contributed by atoms with Gasteiger partial charge in [-0.25, -0.2) is 4.39 Å². The Kier molecular flexibility index (Phi) is 5.95. The van der Waals surface area contributed by atoms with E-state index in [0.717, 1.165) is 12.8 Å². The zero-order chi connectivity index (χ0) is 14.4. The molecule has 0 bridgehead atoms. The SMILES string of the molecule is CCCCN(CC(N)=O)C(=O)c1cccc(F)c1Br. The van der Waals surface area contributed by atoms with Crippen LogP contribution >= 0.6 is 15.9 Å². The summed E-state index contributed by atoms with van der Waals surface area (Å²) in [5, 5.41) is 0. The Morgan fingerprint density at radius 2 is 2.11 bits per heavy atom. The lowest BCUT2D eigenvalue weighted by Crippen LogP contribution is -2.39. The van der Waals surface area contributed by atoms with Crippen molar-refractivity contribution in [1.82, 2.24) is 4.90 Å². The first-order valence-corrected chi connectivity index (χ1v) is 6.78. The molecular formula is C13H16BrFN2O2. The number of unbranched alkanes of at least 4 members (excludes halogenated alkanes) is 1. The number of carbonyl (C=O) groups excluding carboxylic acids is 2. The minimum atomic E-state index is -0.586. The van der Waals surface area contributed by atoms with Gasteiger partial charge in [-0.15, -0.1) is 0 Å². The number of benzene rings is 1. The molecule has 0 heterocycles. The van der Waals surface area contributed by atoms with Crippen LogP contribution in [0.25, 0.3) is 0 Å². The van der Waals surface area contributed by atoms with E-state index in [-0.39, 0.29) is 16.6 Å². The molecule has 19 heavy (non-hydrogen) atoms. The van der Waals surface area contributed by atoms with Gasteiger partial charge in [-0.1, -0.05) is 19.4 Å². The topological polar surface area (TPSA) is 63.4 Å². The number of rotatable bonds is 6. The van der Waals surface area contributed by atoms with Gasteiger partial charge in [-0.3, -0.25) is 9.59 Å². The normalized spacial score (nSPS) is 10.3. The Balaban J connectivity index is 2.97. The minimum Gasteiger partial charge on any atom is -0.368 e. The second kappa shape index (κ2) is 7.23. The zero-order valence-corrected chi connectivity index (χ0v) is 12.2. The number of nitrogens with two attached hydrogens (primary N) is 1. The lowest BCUT2D eigenvalue weighted by Gasteiger charge is -2.21. The van der Waals surface area contributed by atoms with Crippen molar-refractivity contribution in [3.05, 3.63) is 34.1 Å². The quantitative estimate of drug-likeness (QED) is 0.869. The first-order chi connectivity index (χ1) is 8.97. The Morgan fingerprint density at radius 1 is 1.42 bits per heavy atom. The molecule has 6 heteroatoms. The van der Waals surface area contributed by atoms with E-state index in [4.69, 9.17) is 5.73 Å². The molecule has 0 atom stereocenters. The summed E-state index contributed by atoms with van der Waals surface area (Å²) in [5.74, 6) is -1.50. The van der Waals surface area contributed by atoms with Crippen molar-refractivity contribution >= 4 is 27.7 Å². The highest BCUT2D eigenvalue weighted by Crippen LogP contribution is 2.22. The summed E-state index contributed by atoms with van der Waals surface area (Å²) in [6.07, 6.45) is 1.64. The molecule has 0 fully saturated rings. The van der Waals surface area contributed by atoms with E-state index in [1.54, 1.807) is 0 Å². The number of hydrogen-bond acceptors (Lipinski definition) is 2. The highest BCUT2D eigenvalue weighted by Gasteiger charge is 2.20. The van der Waals surface area contributed by atoms with Crippen molar-refractivity contribution in [1.29, 1.82) is 0 Å². The molecule has 104 valence electrons. The first-order valence-electron chi connectivity index (χ1n) is 5.99. The van der Waals surface area contributed by atoms with Crippen LogP contribution in [-0.2, 0) is 4.79 Å². The molecule has 0 saturated heterocycles. The van der Waals surface area contributed by atoms with Crippen LogP contribution in [0.15, 0.2) is 22.7 Å². The summed E-state index contributed by atoms with van der Waals surface area (Å²) in [6, 6.07) is 4.22. The molecule has 4 nitrogen and oxygen atoms in total. The maximum absolute atomic E-state index is 13.4. The number of primary amides is 1. The smallest absolute Gasteiger partial charge is 0.255 e. The molecule has 0 aliphatic rings. The first kappa shape index (κ1) is 15.6. The van der Waals surface area contributed by atoms with Crippen LogP contribution in [0, 0.1) is 5.82 Å². The Hall–Kier alpha value is -1.43. The fraction of sp³-hybridized carbons (Fsp3) is 0.385. The van der Waals surface area contributed by atoms with Crippen LogP contribution < -0.4 is 5.73 Å². The van der Waals surface area contributed by atoms with Crippen LogP contribution in [0.3, 0.4) is 0 Å². The fourth-order valence-corrected chi connectivity index (χ4v) is 2.06. The van der Waals surface area contributed by atoms with Crippen molar-refractivity contribution < 1.29 is 14.0 Å². The van der Waals surface area contributed by atoms with Crippen molar-refractivity contribution in [2.24, 2.45) is 5.73 Å². The predicted octanol–water partition coefficient (Wildman–Crippen LogP) is 2.32. The van der Waals surface area contributed by atoms with E-state index < -0.39 is 17.6 Å². The molecule has 0 saturated carbocycles. The van der Waals surface area contributed by atoms with E-state index in [0.29, 0.717) is 6.54 Å². The molecule has 0 aromatic heterocycles. The molecule has 0 aliphatic heterocycles. The second-order valence-corrected chi connectivity index (χ2v) is 4.94. The zero-order valence-electron chi connectivity index (χ0n) is 10.7. The van der Waals surface area contributed by atoms with E-state index in [9.17, 15) is 14.0 Å². The van der Waals surface area contributed by atoms with Crippen LogP contribution in [0.4, 0.5) is 4.39 Å². The maximum Gasteiger partial charge on any atom is 0.255 e. The van der Waals surface area contributed by atoms with Crippen LogP contribution in [0.5, 0.6) is 0 Å². The van der Waals surface area contributed by atoms with Crippen LogP contribution in [0.2, 0.25) is 0 Å². The monoisotopic (exact) mass is 330 g/mol. The summed E-state index contributed by atoms with van der Waals surface area (Å²) in [5.41, 5.74) is 5.32. The van der Waals surface area contributed by atoms with Gasteiger partial charge >= 0.3 is 0 Å². The fourth-order valence-electron chi connectivity index (χ4n) is 1.63. The number of hydrogen-bond donors (Lipinski definition) is 1. The van der Waals surface area contributed by atoms with Crippen molar-refractivity contribution in [2.75, 3.05) is 13.1 Å². The Labute approximate surface area is 119 Å². The van der Waals surface area contributed by atoms with Crippen molar-refractivity contribution in [3.8, 4) is 0 Å². The van der Waals surface area contributed by atoms with Gasteiger partial charge in [0.1, 0.15) is 5.82 Å². The van der Waals surface area contributed by atoms with Gasteiger partial charge in [0.2, 0.25) is 5.91 Å². The molecule has 1 aromatic carbocycles. The maximum atomic E-state index is 13.4. The van der Waals surface area contributed by atoms with Crippen molar-refractivity contribution in [2.45, 2.75) is 19.8 Å². The summed E-state index contributed by atoms with van der Waals surface area (Å²) in [4.78, 5) is 24.6. The van der Waals surface area contributed by atoms with Crippen LogP contribution in [-0.4, -0.2) is 29.8 Å². The third kappa shape index (κ3) is 4.31. The summed E-state index contributed by atoms with van der Waals surface area (Å²) < 4.78 is 13.5. The van der Waals surface area contributed by atoms with Gasteiger partial charge < -0.3 is 10.6 Å². The van der Waals surface area contributed by atoms with Gasteiger partial charge in [0.05, 0.1) is 16.6 Å². The highest BCUT2D eigenvalue weighted by molar-refractivity contribution is 9.10. The molecule has 0 radical (unpaired) electrons. The summed E-state index contributed by atoms with van der Waals surface area (Å²) in [6.45, 7) is 2.23. The largest absolute Gasteiger partial charge is 0.368 e. The Morgan fingerprint density at radius 3 is 2.68 bits per heavy atom. The lowest BCUT2D eigenvalue weighted by molar-refractivity contribution is -0.118. The third-order valence-corrected chi connectivity index (χ3v) is 3.40. The number of amides is 2. The van der Waals surface area contributed by atoms with Gasteiger partial charge in [-0.2, -0.15) is 0 Å². The van der Waals surface area contributed by atoms with Gasteiger partial charge in [-0.05, 0) is 34.5 Å². The van der Waals surface area contributed by atoms with E-state index in [1.165, 1.54) is 23.1 Å². The third-order valence-electron chi connectivity index (χ3n) is 2.60. The number of carbonyl (C=O) groups is 2. The van der Waals surface area contributed by atoms with Crippen molar-refractivity contribution in [3.63, 3.8) is 0 Å². The number of nitrogens with zero attached hydrogens (tertiary/aromatic N) is 1. The predicted molar refractivity (Wildman–Crippen MR) is 74.1 cm³/mol.